The summed E-state index contributed by atoms with van der Waals surface area (Å²) in [7, 11) is 0. The van der Waals surface area contributed by atoms with Crippen molar-refractivity contribution < 1.29 is 6.85 Å². The molecule has 0 aliphatic rings. The Labute approximate surface area is 91.6 Å². The number of halogens is 1. The van der Waals surface area contributed by atoms with Gasteiger partial charge in [-0.25, -0.2) is 9.67 Å². The Morgan fingerprint density at radius 1 is 1.69 bits per heavy atom. The van der Waals surface area contributed by atoms with Gasteiger partial charge in [0.25, 0.3) is 0 Å². The number of pyridine rings is 1. The topological polar surface area (TPSA) is 30.7 Å². The second-order valence-electron chi connectivity index (χ2n) is 2.32. The molecule has 0 aromatic carbocycles. The van der Waals surface area contributed by atoms with Crippen LogP contribution in [-0.2, 0) is 0 Å². The van der Waals surface area contributed by atoms with E-state index in [2.05, 4.69) is 26.0 Å². The Bertz CT molecular complexity index is 592. The Morgan fingerprint density at radius 3 is 3.31 bits per heavy atom. The van der Waals surface area contributed by atoms with Crippen LogP contribution in [0.25, 0.3) is 5.82 Å². The maximum atomic E-state index is 7.82. The van der Waals surface area contributed by atoms with Crippen molar-refractivity contribution in [3.8, 4) is 5.82 Å². The van der Waals surface area contributed by atoms with Gasteiger partial charge in [0.2, 0.25) is 0 Å². The van der Waals surface area contributed by atoms with Crippen LogP contribution < -0.4 is 0 Å². The molecule has 0 aliphatic carbocycles. The van der Waals surface area contributed by atoms with Gasteiger partial charge in [0.15, 0.2) is 5.82 Å². The lowest BCUT2D eigenvalue weighted by atomic mass is 10.4. The molecule has 66 valence electrons. The first-order chi connectivity index (χ1) is 8.32. The van der Waals surface area contributed by atoms with Crippen LogP contribution in [0.15, 0.2) is 35.1 Å². The van der Waals surface area contributed by atoms with Crippen LogP contribution in [0.5, 0.6) is 0 Å². The number of hydrogen-bond acceptors (Lipinski definition) is 2. The summed E-state index contributed by atoms with van der Waals surface area (Å²) in [4.78, 5) is 4.01. The zero-order chi connectivity index (χ0) is 13.5. The summed E-state index contributed by atoms with van der Waals surface area (Å²) in [5.41, 5.74) is -0.375. The fraction of sp³-hybridized carbons (Fsp3) is 0.111. The third kappa shape index (κ3) is 1.62. The molecule has 3 nitrogen and oxygen atoms in total. The molecule has 13 heavy (non-hydrogen) atoms. The van der Waals surface area contributed by atoms with E-state index in [0.717, 1.165) is 4.68 Å². The quantitative estimate of drug-likeness (QED) is 0.769. The van der Waals surface area contributed by atoms with Crippen LogP contribution in [0.3, 0.4) is 0 Å². The van der Waals surface area contributed by atoms with Crippen molar-refractivity contribution in [2.24, 2.45) is 0 Å². The first-order valence-corrected chi connectivity index (χ1v) is 4.29. The Balaban J connectivity index is 2.66. The van der Waals surface area contributed by atoms with Crippen LogP contribution in [0.2, 0.25) is 0 Å². The lowest BCUT2D eigenvalue weighted by molar-refractivity contribution is 0.841. The van der Waals surface area contributed by atoms with Crippen LogP contribution in [-0.4, -0.2) is 14.8 Å². The van der Waals surface area contributed by atoms with Gasteiger partial charge in [-0.05, 0) is 40.5 Å². The van der Waals surface area contributed by atoms with Gasteiger partial charge < -0.3 is 0 Å². The molecular formula is C9H8BrN3. The van der Waals surface area contributed by atoms with Crippen LogP contribution in [0, 0.1) is 6.85 Å². The molecule has 0 aliphatic heterocycles. The van der Waals surface area contributed by atoms with Crippen molar-refractivity contribution in [1.29, 1.82) is 0 Å². The predicted molar refractivity (Wildman–Crippen MR) is 53.8 cm³/mol. The number of aromatic nitrogens is 3. The van der Waals surface area contributed by atoms with Crippen LogP contribution in [0.4, 0.5) is 0 Å². The summed E-state index contributed by atoms with van der Waals surface area (Å²) in [6.45, 7) is -2.53. The second kappa shape index (κ2) is 3.30. The minimum absolute atomic E-state index is 0.284. The fourth-order valence-electron chi connectivity index (χ4n) is 0.889. The molecule has 0 bridgehead atoms. The standard InChI is InChI=1S/C9H8BrN3/c1-7-5-12-13(6-7)9-8(10)3-2-4-11-9/h2-6H,1H3/i1D3,5D,6D. The van der Waals surface area contributed by atoms with E-state index in [9.17, 15) is 0 Å². The fourth-order valence-corrected chi connectivity index (χ4v) is 1.31. The Kier molecular flexibility index (Phi) is 1.11. The smallest absolute Gasteiger partial charge is 0.167 e. The molecular weight excluding hydrogens is 230 g/mol. The van der Waals surface area contributed by atoms with Gasteiger partial charge in [0.05, 0.1) is 13.4 Å². The third-order valence-corrected chi connectivity index (χ3v) is 2.04. The van der Waals surface area contributed by atoms with Gasteiger partial charge in [-0.1, -0.05) is 0 Å². The number of nitrogens with zero attached hydrogens (tertiary/aromatic N) is 3. The van der Waals surface area contributed by atoms with Crippen molar-refractivity contribution >= 4 is 15.9 Å². The van der Waals surface area contributed by atoms with Gasteiger partial charge in [-0.15, -0.1) is 0 Å². The van der Waals surface area contributed by atoms with Crippen molar-refractivity contribution in [1.82, 2.24) is 14.8 Å². The van der Waals surface area contributed by atoms with Gasteiger partial charge in [0, 0.05) is 16.5 Å². The van der Waals surface area contributed by atoms with E-state index < -0.39 is 13.0 Å². The normalized spacial score (nSPS) is 16.8. The molecule has 4 heteroatoms. The van der Waals surface area contributed by atoms with Crippen molar-refractivity contribution in [2.75, 3.05) is 0 Å². The molecule has 0 spiro atoms. The lowest BCUT2D eigenvalue weighted by Gasteiger charge is -2.01. The summed E-state index contributed by atoms with van der Waals surface area (Å²) >= 11 is 3.24. The largest absolute Gasteiger partial charge is 0.236 e. The van der Waals surface area contributed by atoms with E-state index >= 15 is 0 Å². The number of hydrogen-bond donors (Lipinski definition) is 0. The summed E-state index contributed by atoms with van der Waals surface area (Å²) < 4.78 is 38.8. The maximum Gasteiger partial charge on any atom is 0.167 e. The van der Waals surface area contributed by atoms with Gasteiger partial charge in [0.1, 0.15) is 0 Å². The molecule has 0 atom stereocenters. The number of rotatable bonds is 1. The van der Waals surface area contributed by atoms with Gasteiger partial charge in [-0.3, -0.25) is 0 Å². The van der Waals surface area contributed by atoms with Crippen LogP contribution >= 0.6 is 15.9 Å². The summed E-state index contributed by atoms with van der Waals surface area (Å²) in [5, 5.41) is 3.75. The predicted octanol–water partition coefficient (Wildman–Crippen LogP) is 2.34. The first kappa shape index (κ1) is 4.37. The molecule has 0 radical (unpaired) electrons. The van der Waals surface area contributed by atoms with E-state index in [0.29, 0.717) is 4.47 Å². The van der Waals surface area contributed by atoms with Crippen LogP contribution in [0.1, 0.15) is 12.4 Å². The Hall–Kier alpha value is -1.16. The maximum absolute atomic E-state index is 7.82. The molecule has 2 aromatic rings. The van der Waals surface area contributed by atoms with E-state index in [1.54, 1.807) is 12.1 Å². The molecule has 2 aromatic heterocycles. The van der Waals surface area contributed by atoms with Gasteiger partial charge >= 0.3 is 0 Å². The lowest BCUT2D eigenvalue weighted by Crippen LogP contribution is -1.97. The molecule has 0 saturated carbocycles. The molecule has 0 amide bonds. The van der Waals surface area contributed by atoms with Gasteiger partial charge in [-0.2, -0.15) is 5.10 Å². The molecule has 2 heterocycles. The van der Waals surface area contributed by atoms with E-state index in [1.165, 1.54) is 6.20 Å². The zero-order valence-electron chi connectivity index (χ0n) is 11.5. The zero-order valence-corrected chi connectivity index (χ0v) is 8.04. The molecule has 0 fully saturated rings. The minimum Gasteiger partial charge on any atom is -0.236 e. The summed E-state index contributed by atoms with van der Waals surface area (Å²) in [6.07, 6.45) is 0.719. The van der Waals surface area contributed by atoms with E-state index in [1.807, 2.05) is 0 Å². The Morgan fingerprint density at radius 2 is 2.62 bits per heavy atom. The average Bonchev–Trinajstić information content (AvgIpc) is 2.54. The van der Waals surface area contributed by atoms with Crippen molar-refractivity contribution in [3.63, 3.8) is 0 Å². The minimum atomic E-state index is -2.53. The van der Waals surface area contributed by atoms with Crippen molar-refractivity contribution in [3.05, 3.63) is 40.7 Å². The highest BCUT2D eigenvalue weighted by molar-refractivity contribution is 9.10. The monoisotopic (exact) mass is 242 g/mol. The SMILES string of the molecule is [2H]c1nn(-c2ncccc2Br)c([2H])c1C([2H])([2H])[2H]. The molecule has 0 N–H and O–H groups in total. The molecule has 0 saturated heterocycles. The van der Waals surface area contributed by atoms with E-state index in [-0.39, 0.29) is 17.6 Å². The summed E-state index contributed by atoms with van der Waals surface area (Å²) in [6, 6.07) is 3.38. The van der Waals surface area contributed by atoms with E-state index in [4.69, 9.17) is 6.85 Å². The average molecular weight is 243 g/mol. The first-order valence-electron chi connectivity index (χ1n) is 6.00. The third-order valence-electron chi connectivity index (χ3n) is 1.42. The van der Waals surface area contributed by atoms with Crippen molar-refractivity contribution in [2.45, 2.75) is 6.85 Å². The summed E-state index contributed by atoms with van der Waals surface area (Å²) in [5.74, 6) is 0.284. The molecule has 0 unspecified atom stereocenters. The molecule has 2 rings (SSSR count). The second-order valence-corrected chi connectivity index (χ2v) is 3.17. The highest BCUT2D eigenvalue weighted by Crippen LogP contribution is 2.16. The highest BCUT2D eigenvalue weighted by Gasteiger charge is 2.02. The highest BCUT2D eigenvalue weighted by atomic mass is 79.9.